The van der Waals surface area contributed by atoms with Crippen molar-refractivity contribution in [1.82, 2.24) is 15.1 Å². The number of benzene rings is 1. The minimum absolute atomic E-state index is 0.158. The summed E-state index contributed by atoms with van der Waals surface area (Å²) in [6.07, 6.45) is -1.27. The number of ether oxygens (including phenoxy) is 2. The van der Waals surface area contributed by atoms with Crippen molar-refractivity contribution in [3.8, 4) is 11.3 Å². The molecule has 1 aromatic carbocycles. The van der Waals surface area contributed by atoms with Crippen LogP contribution in [0, 0.1) is 0 Å². The zero-order valence-electron chi connectivity index (χ0n) is 14.7. The van der Waals surface area contributed by atoms with Gasteiger partial charge in [0.1, 0.15) is 28.8 Å². The van der Waals surface area contributed by atoms with E-state index in [9.17, 15) is 9.90 Å². The number of aryl methyl sites for hydroxylation is 1. The fourth-order valence-electron chi connectivity index (χ4n) is 3.80. The predicted molar refractivity (Wildman–Crippen MR) is 101 cm³/mol. The first kappa shape index (κ1) is 16.9. The van der Waals surface area contributed by atoms with Crippen molar-refractivity contribution in [3.63, 3.8) is 0 Å². The van der Waals surface area contributed by atoms with Crippen LogP contribution in [0.1, 0.15) is 9.67 Å². The first-order valence-electron chi connectivity index (χ1n) is 8.86. The SMILES string of the molecule is Cn1nc(-c2ccccc2)c2cc(C(=O)N[C@@H]3CO[C@H]4[C@@H]3OC[C@H]4O)sc21. The second kappa shape index (κ2) is 6.42. The zero-order chi connectivity index (χ0) is 18.5. The number of amides is 1. The molecule has 0 saturated carbocycles. The van der Waals surface area contributed by atoms with E-state index in [1.54, 1.807) is 0 Å². The highest BCUT2D eigenvalue weighted by molar-refractivity contribution is 7.20. The minimum atomic E-state index is -0.624. The number of aliphatic hydroxyl groups excluding tert-OH is 1. The number of fused-ring (bicyclic) bond motifs is 2. The van der Waals surface area contributed by atoms with Crippen molar-refractivity contribution in [2.24, 2.45) is 7.05 Å². The minimum Gasteiger partial charge on any atom is -0.388 e. The van der Waals surface area contributed by atoms with Crippen LogP contribution in [0.3, 0.4) is 0 Å². The molecule has 4 atom stereocenters. The Labute approximate surface area is 159 Å². The highest BCUT2D eigenvalue weighted by Crippen LogP contribution is 2.34. The van der Waals surface area contributed by atoms with Crippen LogP contribution in [0.5, 0.6) is 0 Å². The fourth-order valence-corrected chi connectivity index (χ4v) is 4.78. The molecule has 27 heavy (non-hydrogen) atoms. The van der Waals surface area contributed by atoms with Gasteiger partial charge in [-0.3, -0.25) is 9.48 Å². The lowest BCUT2D eigenvalue weighted by molar-refractivity contribution is 0.0178. The molecule has 2 fully saturated rings. The lowest BCUT2D eigenvalue weighted by atomic mass is 10.1. The molecular weight excluding hydrogens is 366 g/mol. The van der Waals surface area contributed by atoms with Crippen molar-refractivity contribution >= 4 is 27.5 Å². The number of rotatable bonds is 3. The van der Waals surface area contributed by atoms with E-state index in [4.69, 9.17) is 9.47 Å². The zero-order valence-corrected chi connectivity index (χ0v) is 15.5. The maximum absolute atomic E-state index is 12.8. The number of aromatic nitrogens is 2. The number of hydrogen-bond donors (Lipinski definition) is 2. The van der Waals surface area contributed by atoms with E-state index in [1.165, 1.54) is 11.3 Å². The van der Waals surface area contributed by atoms with Crippen LogP contribution in [-0.4, -0.2) is 58.4 Å². The van der Waals surface area contributed by atoms with Crippen molar-refractivity contribution in [2.75, 3.05) is 13.2 Å². The van der Waals surface area contributed by atoms with E-state index in [0.717, 1.165) is 21.5 Å². The van der Waals surface area contributed by atoms with Gasteiger partial charge in [-0.25, -0.2) is 0 Å². The molecule has 0 unspecified atom stereocenters. The monoisotopic (exact) mass is 385 g/mol. The molecule has 0 spiro atoms. The van der Waals surface area contributed by atoms with Crippen LogP contribution >= 0.6 is 11.3 Å². The Morgan fingerprint density at radius 2 is 2.04 bits per heavy atom. The lowest BCUT2D eigenvalue weighted by Crippen LogP contribution is -2.44. The van der Waals surface area contributed by atoms with Gasteiger partial charge in [0, 0.05) is 18.0 Å². The maximum Gasteiger partial charge on any atom is 0.261 e. The summed E-state index contributed by atoms with van der Waals surface area (Å²) >= 11 is 1.41. The maximum atomic E-state index is 12.8. The van der Waals surface area contributed by atoms with Crippen molar-refractivity contribution in [3.05, 3.63) is 41.3 Å². The summed E-state index contributed by atoms with van der Waals surface area (Å²) in [6, 6.07) is 11.6. The van der Waals surface area contributed by atoms with E-state index in [1.807, 2.05) is 48.1 Å². The van der Waals surface area contributed by atoms with Gasteiger partial charge in [0.2, 0.25) is 0 Å². The van der Waals surface area contributed by atoms with Crippen LogP contribution in [0.4, 0.5) is 0 Å². The Morgan fingerprint density at radius 1 is 1.26 bits per heavy atom. The number of nitrogens with one attached hydrogen (secondary N) is 1. The smallest absolute Gasteiger partial charge is 0.261 e. The number of hydrogen-bond acceptors (Lipinski definition) is 6. The average molecular weight is 385 g/mol. The summed E-state index contributed by atoms with van der Waals surface area (Å²) in [6.45, 7) is 0.594. The third kappa shape index (κ3) is 2.76. The van der Waals surface area contributed by atoms with Crippen LogP contribution in [-0.2, 0) is 16.5 Å². The molecular formula is C19H19N3O4S. The fraction of sp³-hybridized carbons (Fsp3) is 0.368. The van der Waals surface area contributed by atoms with Gasteiger partial charge in [0.15, 0.2) is 0 Å². The molecule has 0 aliphatic carbocycles. The molecule has 2 aliphatic rings. The predicted octanol–water partition coefficient (Wildman–Crippen LogP) is 1.56. The van der Waals surface area contributed by atoms with Gasteiger partial charge in [-0.1, -0.05) is 30.3 Å². The Kier molecular flexibility index (Phi) is 4.01. The normalized spacial score (nSPS) is 27.2. The molecule has 140 valence electrons. The summed E-state index contributed by atoms with van der Waals surface area (Å²) < 4.78 is 13.0. The summed E-state index contributed by atoms with van der Waals surface area (Å²) in [5, 5.41) is 18.4. The lowest BCUT2D eigenvalue weighted by Gasteiger charge is -2.16. The number of carbonyl (C=O) groups excluding carboxylic acids is 1. The van der Waals surface area contributed by atoms with Crippen LogP contribution in [0.25, 0.3) is 21.5 Å². The van der Waals surface area contributed by atoms with E-state index >= 15 is 0 Å². The number of carbonyl (C=O) groups is 1. The number of nitrogens with zero attached hydrogens (tertiary/aromatic N) is 2. The number of thiophene rings is 1. The molecule has 2 saturated heterocycles. The number of aliphatic hydroxyl groups is 1. The summed E-state index contributed by atoms with van der Waals surface area (Å²) in [5.41, 5.74) is 1.89. The van der Waals surface area contributed by atoms with Crippen molar-refractivity contribution in [2.45, 2.75) is 24.4 Å². The van der Waals surface area contributed by atoms with Gasteiger partial charge in [-0.05, 0) is 6.07 Å². The first-order valence-corrected chi connectivity index (χ1v) is 9.67. The van der Waals surface area contributed by atoms with E-state index in [-0.39, 0.29) is 30.8 Å². The molecule has 2 N–H and O–H groups in total. The third-order valence-electron chi connectivity index (χ3n) is 5.13. The molecule has 0 radical (unpaired) electrons. The van der Waals surface area contributed by atoms with E-state index in [0.29, 0.717) is 11.5 Å². The average Bonchev–Trinajstić information content (AvgIpc) is 3.41. The van der Waals surface area contributed by atoms with Gasteiger partial charge in [-0.15, -0.1) is 11.3 Å². The standard InChI is InChI=1S/C19H19N3O4S/c1-22-19-11(15(21-22)10-5-3-2-4-6-10)7-14(27-19)18(24)20-12-8-25-17-13(23)9-26-16(12)17/h2-7,12-13,16-17,23H,8-9H2,1H3,(H,20,24)/t12-,13-,16-,17-/m1/s1. The summed E-state index contributed by atoms with van der Waals surface area (Å²) in [5.74, 6) is -0.158. The first-order chi connectivity index (χ1) is 13.1. The van der Waals surface area contributed by atoms with Gasteiger partial charge >= 0.3 is 0 Å². The van der Waals surface area contributed by atoms with Gasteiger partial charge in [0.25, 0.3) is 5.91 Å². The van der Waals surface area contributed by atoms with Gasteiger partial charge < -0.3 is 19.9 Å². The summed E-state index contributed by atoms with van der Waals surface area (Å²) in [7, 11) is 1.89. The van der Waals surface area contributed by atoms with Crippen molar-refractivity contribution in [1.29, 1.82) is 0 Å². The highest BCUT2D eigenvalue weighted by atomic mass is 32.1. The van der Waals surface area contributed by atoms with Crippen LogP contribution in [0.2, 0.25) is 0 Å². The second-order valence-corrected chi connectivity index (χ2v) is 7.94. The molecule has 2 aromatic heterocycles. The van der Waals surface area contributed by atoms with Gasteiger partial charge in [-0.2, -0.15) is 5.10 Å². The molecule has 7 nitrogen and oxygen atoms in total. The largest absolute Gasteiger partial charge is 0.388 e. The van der Waals surface area contributed by atoms with E-state index < -0.39 is 6.10 Å². The van der Waals surface area contributed by atoms with E-state index in [2.05, 4.69) is 10.4 Å². The van der Waals surface area contributed by atoms with Crippen LogP contribution in [0.15, 0.2) is 36.4 Å². The second-order valence-electron chi connectivity index (χ2n) is 6.91. The molecule has 5 rings (SSSR count). The molecule has 4 heterocycles. The highest BCUT2D eigenvalue weighted by Gasteiger charge is 2.47. The third-order valence-corrected chi connectivity index (χ3v) is 6.33. The Balaban J connectivity index is 1.41. The molecule has 2 aliphatic heterocycles. The molecule has 8 heteroatoms. The molecule has 1 amide bonds. The van der Waals surface area contributed by atoms with Gasteiger partial charge in [0.05, 0.1) is 24.1 Å². The Morgan fingerprint density at radius 3 is 2.85 bits per heavy atom. The molecule has 0 bridgehead atoms. The Bertz CT molecular complexity index is 999. The molecule has 3 aromatic rings. The quantitative estimate of drug-likeness (QED) is 0.715. The topological polar surface area (TPSA) is 85.6 Å². The summed E-state index contributed by atoms with van der Waals surface area (Å²) in [4.78, 5) is 14.4. The van der Waals surface area contributed by atoms with Crippen LogP contribution < -0.4 is 5.32 Å². The Hall–Kier alpha value is -2.26. The van der Waals surface area contributed by atoms with Crippen molar-refractivity contribution < 1.29 is 19.4 Å².